The van der Waals surface area contributed by atoms with E-state index in [1.807, 2.05) is 32.0 Å². The number of amides is 1. The fourth-order valence-corrected chi connectivity index (χ4v) is 3.58. The van der Waals surface area contributed by atoms with Gasteiger partial charge in [-0.2, -0.15) is 0 Å². The number of ether oxygens (including phenoxy) is 2. The lowest BCUT2D eigenvalue weighted by Gasteiger charge is -2.20. The third-order valence-electron chi connectivity index (χ3n) is 3.78. The lowest BCUT2D eigenvalue weighted by Crippen LogP contribution is -2.33. The zero-order valence-corrected chi connectivity index (χ0v) is 15.4. The highest BCUT2D eigenvalue weighted by molar-refractivity contribution is 7.22. The van der Waals surface area contributed by atoms with Crippen LogP contribution in [0.2, 0.25) is 0 Å². The summed E-state index contributed by atoms with van der Waals surface area (Å²) in [5.74, 6) is 1.87. The van der Waals surface area contributed by atoms with Gasteiger partial charge in [0.05, 0.1) is 27.0 Å². The molecular formula is C18H20N2O4S. The first-order valence-electron chi connectivity index (χ1n) is 7.90. The first kappa shape index (κ1) is 17.3. The molecule has 0 spiro atoms. The second-order valence-electron chi connectivity index (χ2n) is 5.80. The van der Waals surface area contributed by atoms with E-state index in [4.69, 9.17) is 13.9 Å². The monoisotopic (exact) mass is 360 g/mol. The summed E-state index contributed by atoms with van der Waals surface area (Å²) in [5.41, 5.74) is 0.683. The largest absolute Gasteiger partial charge is 0.495 e. The lowest BCUT2D eigenvalue weighted by atomic mass is 10.2. The minimum absolute atomic E-state index is 0.0200. The van der Waals surface area contributed by atoms with Crippen LogP contribution >= 0.6 is 11.3 Å². The maximum absolute atomic E-state index is 12.7. The smallest absolute Gasteiger partial charge is 0.231 e. The zero-order valence-electron chi connectivity index (χ0n) is 14.6. The fourth-order valence-electron chi connectivity index (χ4n) is 2.50. The van der Waals surface area contributed by atoms with Crippen LogP contribution in [0.1, 0.15) is 19.6 Å². The van der Waals surface area contributed by atoms with E-state index in [1.165, 1.54) is 11.3 Å². The van der Waals surface area contributed by atoms with Crippen molar-refractivity contribution in [3.05, 3.63) is 36.3 Å². The Balaban J connectivity index is 2.10. The molecule has 0 saturated heterocycles. The van der Waals surface area contributed by atoms with Crippen molar-refractivity contribution in [2.75, 3.05) is 19.1 Å². The van der Waals surface area contributed by atoms with Crippen LogP contribution in [-0.2, 0) is 11.3 Å². The summed E-state index contributed by atoms with van der Waals surface area (Å²) in [5, 5.41) is 0.591. The molecule has 0 aliphatic heterocycles. The van der Waals surface area contributed by atoms with Crippen LogP contribution in [0.3, 0.4) is 0 Å². The van der Waals surface area contributed by atoms with Crippen molar-refractivity contribution in [1.82, 2.24) is 4.98 Å². The van der Waals surface area contributed by atoms with Gasteiger partial charge in [-0.15, -0.1) is 0 Å². The minimum Gasteiger partial charge on any atom is -0.495 e. The highest BCUT2D eigenvalue weighted by atomic mass is 32.1. The Morgan fingerprint density at radius 3 is 2.56 bits per heavy atom. The summed E-state index contributed by atoms with van der Waals surface area (Å²) in [4.78, 5) is 19.0. The molecular weight excluding hydrogens is 340 g/mol. The standard InChI is InChI=1S/C18H20N2O4S/c1-11(2)17(21)20(10-12-6-5-9-24-12)18-19-15-13(22-3)7-8-14(23-4)16(15)25-18/h5-9,11H,10H2,1-4H3. The molecule has 2 aromatic heterocycles. The number of rotatable bonds is 6. The highest BCUT2D eigenvalue weighted by Gasteiger charge is 2.25. The van der Waals surface area contributed by atoms with Crippen molar-refractivity contribution < 1.29 is 18.7 Å². The number of methoxy groups -OCH3 is 2. The van der Waals surface area contributed by atoms with Crippen LogP contribution in [0.4, 0.5) is 5.13 Å². The maximum atomic E-state index is 12.7. The van der Waals surface area contributed by atoms with E-state index < -0.39 is 0 Å². The Labute approximate surface area is 150 Å². The number of fused-ring (bicyclic) bond motifs is 1. The molecule has 6 nitrogen and oxygen atoms in total. The Hall–Kier alpha value is -2.54. The first-order chi connectivity index (χ1) is 12.0. The molecule has 0 aliphatic rings. The molecule has 0 fully saturated rings. The molecule has 0 radical (unpaired) electrons. The van der Waals surface area contributed by atoms with Gasteiger partial charge in [-0.25, -0.2) is 4.98 Å². The van der Waals surface area contributed by atoms with Gasteiger partial charge in [0.2, 0.25) is 5.91 Å². The average molecular weight is 360 g/mol. The molecule has 0 saturated carbocycles. The number of aromatic nitrogens is 1. The molecule has 3 aromatic rings. The van der Waals surface area contributed by atoms with E-state index in [2.05, 4.69) is 4.98 Å². The Bertz CT molecular complexity index is 830. The van der Waals surface area contributed by atoms with Gasteiger partial charge in [0, 0.05) is 5.92 Å². The molecule has 0 atom stereocenters. The van der Waals surface area contributed by atoms with E-state index in [0.717, 1.165) is 4.70 Å². The van der Waals surface area contributed by atoms with Crippen molar-refractivity contribution in [2.24, 2.45) is 5.92 Å². The molecule has 0 N–H and O–H groups in total. The van der Waals surface area contributed by atoms with Crippen molar-refractivity contribution in [3.8, 4) is 11.5 Å². The first-order valence-corrected chi connectivity index (χ1v) is 8.72. The molecule has 2 heterocycles. The number of hydrogen-bond acceptors (Lipinski definition) is 6. The van der Waals surface area contributed by atoms with Crippen molar-refractivity contribution in [2.45, 2.75) is 20.4 Å². The Morgan fingerprint density at radius 2 is 1.96 bits per heavy atom. The summed E-state index contributed by atoms with van der Waals surface area (Å²) in [6.45, 7) is 4.06. The van der Waals surface area contributed by atoms with Crippen LogP contribution in [0.15, 0.2) is 34.9 Å². The second-order valence-corrected chi connectivity index (χ2v) is 6.78. The summed E-state index contributed by atoms with van der Waals surface area (Å²) < 4.78 is 17.1. The van der Waals surface area contributed by atoms with E-state index in [9.17, 15) is 4.79 Å². The van der Waals surface area contributed by atoms with E-state index in [0.29, 0.717) is 34.5 Å². The molecule has 0 bridgehead atoms. The van der Waals surface area contributed by atoms with Gasteiger partial charge in [0.15, 0.2) is 5.13 Å². The van der Waals surface area contributed by atoms with Gasteiger partial charge in [-0.1, -0.05) is 25.2 Å². The molecule has 1 amide bonds. The number of nitrogens with zero attached hydrogens (tertiary/aromatic N) is 2. The predicted molar refractivity (Wildman–Crippen MR) is 97.5 cm³/mol. The van der Waals surface area contributed by atoms with Crippen molar-refractivity contribution in [1.29, 1.82) is 0 Å². The average Bonchev–Trinajstić information content (AvgIpc) is 3.27. The number of furan rings is 1. The van der Waals surface area contributed by atoms with Gasteiger partial charge in [0.25, 0.3) is 0 Å². The van der Waals surface area contributed by atoms with E-state index >= 15 is 0 Å². The molecule has 3 rings (SSSR count). The number of thiazole rings is 1. The van der Waals surface area contributed by atoms with E-state index in [-0.39, 0.29) is 11.8 Å². The molecule has 7 heteroatoms. The zero-order chi connectivity index (χ0) is 18.0. The molecule has 0 unspecified atom stereocenters. The van der Waals surface area contributed by atoms with E-state index in [1.54, 1.807) is 31.4 Å². The second kappa shape index (κ2) is 7.14. The van der Waals surface area contributed by atoms with Crippen LogP contribution in [0.5, 0.6) is 11.5 Å². The van der Waals surface area contributed by atoms with Crippen LogP contribution in [0, 0.1) is 5.92 Å². The topological polar surface area (TPSA) is 64.8 Å². The summed E-state index contributed by atoms with van der Waals surface area (Å²) in [6.07, 6.45) is 1.60. The third-order valence-corrected chi connectivity index (χ3v) is 4.88. The predicted octanol–water partition coefficient (Wildman–Crippen LogP) is 4.10. The summed E-state index contributed by atoms with van der Waals surface area (Å²) in [7, 11) is 3.21. The van der Waals surface area contributed by atoms with Gasteiger partial charge < -0.3 is 13.9 Å². The number of benzene rings is 1. The normalized spacial score (nSPS) is 11.1. The lowest BCUT2D eigenvalue weighted by molar-refractivity contribution is -0.121. The van der Waals surface area contributed by atoms with Crippen molar-refractivity contribution >= 4 is 32.6 Å². The van der Waals surface area contributed by atoms with Gasteiger partial charge in [0.1, 0.15) is 27.5 Å². The highest BCUT2D eigenvalue weighted by Crippen LogP contribution is 2.40. The SMILES string of the molecule is COc1ccc(OC)c2sc(N(Cc3ccco3)C(=O)C(C)C)nc12. The Kier molecular flexibility index (Phi) is 4.94. The summed E-state index contributed by atoms with van der Waals surface area (Å²) in [6, 6.07) is 7.29. The van der Waals surface area contributed by atoms with Crippen LogP contribution in [-0.4, -0.2) is 25.1 Å². The van der Waals surface area contributed by atoms with Gasteiger partial charge in [-0.05, 0) is 24.3 Å². The fraction of sp³-hybridized carbons (Fsp3) is 0.333. The number of hydrogen-bond donors (Lipinski definition) is 0. The molecule has 0 aliphatic carbocycles. The molecule has 132 valence electrons. The maximum Gasteiger partial charge on any atom is 0.231 e. The Morgan fingerprint density at radius 1 is 1.24 bits per heavy atom. The van der Waals surface area contributed by atoms with Gasteiger partial charge >= 0.3 is 0 Å². The third kappa shape index (κ3) is 3.32. The van der Waals surface area contributed by atoms with Gasteiger partial charge in [-0.3, -0.25) is 9.69 Å². The quantitative estimate of drug-likeness (QED) is 0.662. The molecule has 1 aromatic carbocycles. The number of anilines is 1. The minimum atomic E-state index is -0.161. The number of carbonyl (C=O) groups excluding carboxylic acids is 1. The van der Waals surface area contributed by atoms with Crippen LogP contribution in [0.25, 0.3) is 10.2 Å². The summed E-state index contributed by atoms with van der Waals surface area (Å²) >= 11 is 1.40. The molecule has 25 heavy (non-hydrogen) atoms. The van der Waals surface area contributed by atoms with Crippen molar-refractivity contribution in [3.63, 3.8) is 0 Å². The number of carbonyl (C=O) groups is 1. The van der Waals surface area contributed by atoms with Crippen LogP contribution < -0.4 is 14.4 Å².